The number of nitrogens with zero attached hydrogens (tertiary/aromatic N) is 1. The van der Waals surface area contributed by atoms with Gasteiger partial charge >= 0.3 is 0 Å². The van der Waals surface area contributed by atoms with E-state index in [-0.39, 0.29) is 12.0 Å². The van der Waals surface area contributed by atoms with Gasteiger partial charge in [0.15, 0.2) is 5.76 Å². The molecular formula is C18H20N2O4. The van der Waals surface area contributed by atoms with Crippen LogP contribution in [-0.2, 0) is 11.2 Å². The first-order valence-electron chi connectivity index (χ1n) is 8.22. The number of morpholine rings is 1. The molecule has 0 bridgehead atoms. The van der Waals surface area contributed by atoms with E-state index in [0.29, 0.717) is 44.4 Å². The van der Waals surface area contributed by atoms with Crippen molar-refractivity contribution in [3.05, 3.63) is 41.7 Å². The van der Waals surface area contributed by atoms with E-state index in [0.717, 1.165) is 23.3 Å². The molecule has 1 fully saturated rings. The Morgan fingerprint density at radius 3 is 2.83 bits per heavy atom. The van der Waals surface area contributed by atoms with Gasteiger partial charge < -0.3 is 24.5 Å². The van der Waals surface area contributed by atoms with Crippen molar-refractivity contribution in [3.63, 3.8) is 0 Å². The summed E-state index contributed by atoms with van der Waals surface area (Å²) in [7, 11) is 0. The van der Waals surface area contributed by atoms with Crippen molar-refractivity contribution in [1.82, 2.24) is 4.90 Å². The zero-order valence-corrected chi connectivity index (χ0v) is 13.4. The topological polar surface area (TPSA) is 77.9 Å². The third-order valence-electron chi connectivity index (χ3n) is 4.47. The molecule has 2 aliphatic rings. The van der Waals surface area contributed by atoms with Crippen LogP contribution in [0.5, 0.6) is 5.75 Å². The van der Waals surface area contributed by atoms with Gasteiger partial charge in [0, 0.05) is 26.1 Å². The summed E-state index contributed by atoms with van der Waals surface area (Å²) in [5.74, 6) is 1.70. The normalized spacial score (nSPS) is 19.9. The predicted molar refractivity (Wildman–Crippen MR) is 88.0 cm³/mol. The summed E-state index contributed by atoms with van der Waals surface area (Å²) in [6, 6.07) is 9.50. The quantitative estimate of drug-likeness (QED) is 0.927. The molecule has 4 rings (SSSR count). The van der Waals surface area contributed by atoms with E-state index in [1.54, 1.807) is 11.0 Å². The van der Waals surface area contributed by atoms with Gasteiger partial charge in [-0.25, -0.2) is 0 Å². The molecule has 6 heteroatoms. The summed E-state index contributed by atoms with van der Waals surface area (Å²) in [5.41, 5.74) is 7.71. The monoisotopic (exact) mass is 328 g/mol. The number of carbonyl (C=O) groups excluding carboxylic acids is 1. The highest BCUT2D eigenvalue weighted by molar-refractivity contribution is 5.92. The lowest BCUT2D eigenvalue weighted by Gasteiger charge is -2.25. The average Bonchev–Trinajstić information content (AvgIpc) is 3.28. The van der Waals surface area contributed by atoms with Gasteiger partial charge in [0.25, 0.3) is 5.91 Å². The van der Waals surface area contributed by atoms with Gasteiger partial charge in [0.1, 0.15) is 17.6 Å². The number of carbonyl (C=O) groups is 1. The van der Waals surface area contributed by atoms with Crippen molar-refractivity contribution in [2.24, 2.45) is 5.73 Å². The minimum atomic E-state index is -0.0992. The van der Waals surface area contributed by atoms with Gasteiger partial charge in [-0.2, -0.15) is 0 Å². The molecule has 1 saturated heterocycles. The molecule has 3 heterocycles. The molecule has 0 saturated carbocycles. The van der Waals surface area contributed by atoms with Crippen LogP contribution >= 0.6 is 0 Å². The average molecular weight is 328 g/mol. The number of hydrogen-bond donors (Lipinski definition) is 1. The largest absolute Gasteiger partial charge is 0.488 e. The van der Waals surface area contributed by atoms with Crippen molar-refractivity contribution in [3.8, 4) is 17.1 Å². The van der Waals surface area contributed by atoms with Crippen LogP contribution in [0.4, 0.5) is 0 Å². The highest BCUT2D eigenvalue weighted by Gasteiger charge is 2.27. The number of para-hydroxylation sites is 1. The first-order chi connectivity index (χ1) is 11.8. The summed E-state index contributed by atoms with van der Waals surface area (Å²) in [6.45, 7) is 2.81. The number of fused-ring (bicyclic) bond motifs is 1. The Bertz CT molecular complexity index is 749. The van der Waals surface area contributed by atoms with Crippen LogP contribution in [0.25, 0.3) is 11.3 Å². The van der Waals surface area contributed by atoms with E-state index in [2.05, 4.69) is 0 Å². The minimum absolute atomic E-state index is 0.00515. The molecule has 1 amide bonds. The zero-order chi connectivity index (χ0) is 16.5. The van der Waals surface area contributed by atoms with E-state index < -0.39 is 0 Å². The predicted octanol–water partition coefficient (Wildman–Crippen LogP) is 1.68. The summed E-state index contributed by atoms with van der Waals surface area (Å²) < 4.78 is 17.0. The van der Waals surface area contributed by atoms with Gasteiger partial charge in [-0.05, 0) is 23.8 Å². The minimum Gasteiger partial charge on any atom is -0.488 e. The molecule has 0 spiro atoms. The van der Waals surface area contributed by atoms with E-state index in [9.17, 15) is 4.79 Å². The highest BCUT2D eigenvalue weighted by atomic mass is 16.5. The molecule has 1 aromatic heterocycles. The van der Waals surface area contributed by atoms with Crippen LogP contribution in [0, 0.1) is 0 Å². The van der Waals surface area contributed by atoms with Gasteiger partial charge in [-0.1, -0.05) is 12.1 Å². The fourth-order valence-corrected chi connectivity index (χ4v) is 3.18. The van der Waals surface area contributed by atoms with Crippen molar-refractivity contribution in [2.75, 3.05) is 32.8 Å². The molecule has 0 unspecified atom stereocenters. The maximum atomic E-state index is 12.5. The zero-order valence-electron chi connectivity index (χ0n) is 13.4. The Morgan fingerprint density at radius 1 is 1.21 bits per heavy atom. The number of nitrogens with two attached hydrogens (primary N) is 1. The van der Waals surface area contributed by atoms with Crippen LogP contribution in [0.2, 0.25) is 0 Å². The van der Waals surface area contributed by atoms with Crippen molar-refractivity contribution in [2.45, 2.75) is 12.5 Å². The smallest absolute Gasteiger partial charge is 0.289 e. The number of rotatable bonds is 3. The van der Waals surface area contributed by atoms with Gasteiger partial charge in [-0.3, -0.25) is 4.79 Å². The number of benzene rings is 1. The van der Waals surface area contributed by atoms with Gasteiger partial charge in [-0.15, -0.1) is 0 Å². The molecule has 24 heavy (non-hydrogen) atoms. The van der Waals surface area contributed by atoms with Gasteiger partial charge in [0.05, 0.1) is 18.8 Å². The maximum absolute atomic E-state index is 12.5. The van der Waals surface area contributed by atoms with E-state index >= 15 is 0 Å². The summed E-state index contributed by atoms with van der Waals surface area (Å²) in [5, 5.41) is 0. The van der Waals surface area contributed by atoms with Crippen LogP contribution < -0.4 is 10.5 Å². The number of ether oxygens (including phenoxy) is 2. The second-order valence-electron chi connectivity index (χ2n) is 6.04. The van der Waals surface area contributed by atoms with Crippen LogP contribution in [0.15, 0.2) is 34.7 Å². The number of hydrogen-bond acceptors (Lipinski definition) is 5. The highest BCUT2D eigenvalue weighted by Crippen LogP contribution is 2.39. The van der Waals surface area contributed by atoms with Crippen LogP contribution in [0.1, 0.15) is 16.1 Å². The Kier molecular flexibility index (Phi) is 4.00. The number of furan rings is 1. The SMILES string of the molecule is NC[C@@H]1Cc2cccc(-c3ccc(C(=O)N4CCOCC4)o3)c2O1. The standard InChI is InChI=1S/C18H20N2O4/c19-11-13-10-12-2-1-3-14(17(12)23-13)15-4-5-16(24-15)18(21)20-6-8-22-9-7-20/h1-5,13H,6-11,19H2/t13-/m0/s1. The van der Waals surface area contributed by atoms with E-state index in [1.165, 1.54) is 0 Å². The molecule has 0 aliphatic carbocycles. The molecule has 2 aliphatic heterocycles. The molecule has 1 aromatic carbocycles. The summed E-state index contributed by atoms with van der Waals surface area (Å²) >= 11 is 0. The molecule has 126 valence electrons. The van der Waals surface area contributed by atoms with Crippen molar-refractivity contribution < 1.29 is 18.7 Å². The molecule has 6 nitrogen and oxygen atoms in total. The summed E-state index contributed by atoms with van der Waals surface area (Å²) in [4.78, 5) is 14.3. The molecule has 0 radical (unpaired) electrons. The Hall–Kier alpha value is -2.31. The third-order valence-corrected chi connectivity index (χ3v) is 4.47. The fraction of sp³-hybridized carbons (Fsp3) is 0.389. The first kappa shape index (κ1) is 15.2. The van der Waals surface area contributed by atoms with Crippen molar-refractivity contribution >= 4 is 5.91 Å². The summed E-state index contributed by atoms with van der Waals surface area (Å²) in [6.07, 6.45) is 0.811. The first-order valence-corrected chi connectivity index (χ1v) is 8.22. The molecule has 1 atom stereocenters. The fourth-order valence-electron chi connectivity index (χ4n) is 3.18. The maximum Gasteiger partial charge on any atom is 0.289 e. The second-order valence-corrected chi connectivity index (χ2v) is 6.04. The molecular weight excluding hydrogens is 308 g/mol. The lowest BCUT2D eigenvalue weighted by atomic mass is 10.1. The van der Waals surface area contributed by atoms with Crippen LogP contribution in [-0.4, -0.2) is 49.8 Å². The molecule has 2 N–H and O–H groups in total. The second kappa shape index (κ2) is 6.30. The lowest BCUT2D eigenvalue weighted by Crippen LogP contribution is -2.40. The van der Waals surface area contributed by atoms with Gasteiger partial charge in [0.2, 0.25) is 0 Å². The van der Waals surface area contributed by atoms with Crippen molar-refractivity contribution in [1.29, 1.82) is 0 Å². The van der Waals surface area contributed by atoms with E-state index in [1.807, 2.05) is 24.3 Å². The number of amides is 1. The Morgan fingerprint density at radius 2 is 2.04 bits per heavy atom. The molecule has 2 aromatic rings. The third kappa shape index (κ3) is 2.68. The van der Waals surface area contributed by atoms with E-state index in [4.69, 9.17) is 19.6 Å². The lowest BCUT2D eigenvalue weighted by molar-refractivity contribution is 0.0283. The Balaban J connectivity index is 1.60. The Labute approximate surface area is 140 Å². The van der Waals surface area contributed by atoms with Crippen LogP contribution in [0.3, 0.4) is 0 Å².